The van der Waals surface area contributed by atoms with Crippen LogP contribution in [0, 0.1) is 0 Å². The Hall–Kier alpha value is -2.81. The van der Waals surface area contributed by atoms with Crippen LogP contribution in [-0.2, 0) is 6.61 Å². The average Bonchev–Trinajstić information content (AvgIpc) is 2.56. The molecule has 2 aromatic carbocycles. The number of hydrogen-bond donors (Lipinski definition) is 1. The van der Waals surface area contributed by atoms with Crippen LogP contribution in [0.1, 0.15) is 5.56 Å². The molecule has 3 aromatic rings. The van der Waals surface area contributed by atoms with Gasteiger partial charge in [0.05, 0.1) is 0 Å². The zero-order valence-corrected chi connectivity index (χ0v) is 11.6. The molecular weight excluding hydrogens is 260 g/mol. The van der Waals surface area contributed by atoms with Crippen LogP contribution in [0.2, 0.25) is 0 Å². The van der Waals surface area contributed by atoms with E-state index >= 15 is 0 Å². The summed E-state index contributed by atoms with van der Waals surface area (Å²) in [5.41, 5.74) is 8.93. The number of ether oxygens (including phenoxy) is 1. The van der Waals surface area contributed by atoms with Gasteiger partial charge in [0.15, 0.2) is 0 Å². The Bertz CT molecular complexity index is 692. The standard InChI is InChI=1S/C18H16N2O/c19-18-11-6-14(12-20-18)13-21-17-9-7-16(8-10-17)15-4-2-1-3-5-15/h1-12H,13H2,(H2,19,20). The average molecular weight is 276 g/mol. The van der Waals surface area contributed by atoms with Gasteiger partial charge in [-0.05, 0) is 29.3 Å². The third kappa shape index (κ3) is 3.39. The van der Waals surface area contributed by atoms with Crippen LogP contribution in [-0.4, -0.2) is 4.98 Å². The third-order valence-corrected chi connectivity index (χ3v) is 3.21. The van der Waals surface area contributed by atoms with Crippen LogP contribution < -0.4 is 10.5 Å². The second-order valence-electron chi connectivity index (χ2n) is 4.77. The first-order valence-corrected chi connectivity index (χ1v) is 6.80. The van der Waals surface area contributed by atoms with Crippen molar-refractivity contribution in [3.05, 3.63) is 78.5 Å². The van der Waals surface area contributed by atoms with Gasteiger partial charge in [-0.1, -0.05) is 48.5 Å². The largest absolute Gasteiger partial charge is 0.489 e. The molecule has 1 aromatic heterocycles. The molecule has 0 saturated carbocycles. The number of nitrogens with two attached hydrogens (primary N) is 1. The van der Waals surface area contributed by atoms with Gasteiger partial charge in [0, 0.05) is 11.8 Å². The number of nitrogens with zero attached hydrogens (tertiary/aromatic N) is 1. The third-order valence-electron chi connectivity index (χ3n) is 3.21. The number of anilines is 1. The number of rotatable bonds is 4. The molecule has 0 aliphatic rings. The van der Waals surface area contributed by atoms with Crippen LogP contribution in [0.4, 0.5) is 5.82 Å². The Morgan fingerprint density at radius 3 is 2.19 bits per heavy atom. The van der Waals surface area contributed by atoms with Gasteiger partial charge in [-0.15, -0.1) is 0 Å². The van der Waals surface area contributed by atoms with Crippen molar-refractivity contribution in [2.75, 3.05) is 5.73 Å². The van der Waals surface area contributed by atoms with Crippen molar-refractivity contribution in [1.82, 2.24) is 4.98 Å². The van der Waals surface area contributed by atoms with Crippen molar-refractivity contribution in [3.8, 4) is 16.9 Å². The maximum absolute atomic E-state index is 5.74. The van der Waals surface area contributed by atoms with Crippen LogP contribution >= 0.6 is 0 Å². The maximum Gasteiger partial charge on any atom is 0.123 e. The molecule has 3 nitrogen and oxygen atoms in total. The molecule has 2 N–H and O–H groups in total. The maximum atomic E-state index is 5.74. The molecule has 21 heavy (non-hydrogen) atoms. The smallest absolute Gasteiger partial charge is 0.123 e. The molecule has 3 heteroatoms. The van der Waals surface area contributed by atoms with Gasteiger partial charge < -0.3 is 10.5 Å². The van der Waals surface area contributed by atoms with Crippen molar-refractivity contribution < 1.29 is 4.74 Å². The Morgan fingerprint density at radius 1 is 0.810 bits per heavy atom. The summed E-state index contributed by atoms with van der Waals surface area (Å²) in [6.45, 7) is 0.484. The molecule has 0 aliphatic heterocycles. The number of pyridine rings is 1. The highest BCUT2D eigenvalue weighted by atomic mass is 16.5. The predicted octanol–water partition coefficient (Wildman–Crippen LogP) is 3.91. The Kier molecular flexibility index (Phi) is 3.83. The van der Waals surface area contributed by atoms with Gasteiger partial charge in [-0.3, -0.25) is 0 Å². The van der Waals surface area contributed by atoms with Crippen LogP contribution in [0.5, 0.6) is 5.75 Å². The topological polar surface area (TPSA) is 48.1 Å². The second kappa shape index (κ2) is 6.09. The lowest BCUT2D eigenvalue weighted by molar-refractivity contribution is 0.306. The van der Waals surface area contributed by atoms with Crippen LogP contribution in [0.15, 0.2) is 72.9 Å². The van der Waals surface area contributed by atoms with Crippen molar-refractivity contribution in [2.45, 2.75) is 6.61 Å². The fourth-order valence-corrected chi connectivity index (χ4v) is 2.06. The van der Waals surface area contributed by atoms with Gasteiger partial charge in [-0.2, -0.15) is 0 Å². The van der Waals surface area contributed by atoms with E-state index in [-0.39, 0.29) is 0 Å². The molecular formula is C18H16N2O. The lowest BCUT2D eigenvalue weighted by atomic mass is 10.1. The molecule has 1 heterocycles. The fourth-order valence-electron chi connectivity index (χ4n) is 2.06. The number of nitrogen functional groups attached to an aromatic ring is 1. The first kappa shape index (κ1) is 13.2. The zero-order valence-electron chi connectivity index (χ0n) is 11.6. The molecule has 0 aliphatic carbocycles. The Balaban J connectivity index is 1.66. The first-order valence-electron chi connectivity index (χ1n) is 6.80. The van der Waals surface area contributed by atoms with Gasteiger partial charge in [0.2, 0.25) is 0 Å². The van der Waals surface area contributed by atoms with E-state index < -0.39 is 0 Å². The van der Waals surface area contributed by atoms with Gasteiger partial charge in [-0.25, -0.2) is 4.98 Å². The number of aromatic nitrogens is 1. The number of hydrogen-bond acceptors (Lipinski definition) is 3. The monoisotopic (exact) mass is 276 g/mol. The van der Waals surface area contributed by atoms with Crippen molar-refractivity contribution >= 4 is 5.82 Å². The highest BCUT2D eigenvalue weighted by Gasteiger charge is 1.99. The normalized spacial score (nSPS) is 10.3. The van der Waals surface area contributed by atoms with E-state index in [1.165, 1.54) is 11.1 Å². The SMILES string of the molecule is Nc1ccc(COc2ccc(-c3ccccc3)cc2)cn1. The summed E-state index contributed by atoms with van der Waals surface area (Å²) >= 11 is 0. The highest BCUT2D eigenvalue weighted by Crippen LogP contribution is 2.22. The van der Waals surface area contributed by atoms with Crippen LogP contribution in [0.25, 0.3) is 11.1 Å². The van der Waals surface area contributed by atoms with E-state index in [0.29, 0.717) is 12.4 Å². The Morgan fingerprint density at radius 2 is 1.52 bits per heavy atom. The van der Waals surface area contributed by atoms with E-state index in [4.69, 9.17) is 10.5 Å². The summed E-state index contributed by atoms with van der Waals surface area (Å²) in [5, 5.41) is 0. The molecule has 0 saturated heterocycles. The van der Waals surface area contributed by atoms with E-state index in [0.717, 1.165) is 11.3 Å². The molecule has 0 amide bonds. The zero-order chi connectivity index (χ0) is 14.5. The van der Waals surface area contributed by atoms with E-state index in [1.807, 2.05) is 36.4 Å². The molecule has 0 spiro atoms. The highest BCUT2D eigenvalue weighted by molar-refractivity contribution is 5.63. The molecule has 0 fully saturated rings. The lowest BCUT2D eigenvalue weighted by Gasteiger charge is -2.07. The molecule has 0 unspecified atom stereocenters. The fraction of sp³-hybridized carbons (Fsp3) is 0.0556. The van der Waals surface area contributed by atoms with Gasteiger partial charge in [0.25, 0.3) is 0 Å². The van der Waals surface area contributed by atoms with E-state index in [2.05, 4.69) is 29.2 Å². The van der Waals surface area contributed by atoms with Crippen LogP contribution in [0.3, 0.4) is 0 Å². The second-order valence-corrected chi connectivity index (χ2v) is 4.77. The predicted molar refractivity (Wildman–Crippen MR) is 84.9 cm³/mol. The molecule has 0 atom stereocenters. The summed E-state index contributed by atoms with van der Waals surface area (Å²) in [6, 6.07) is 22.0. The van der Waals surface area contributed by atoms with Crippen molar-refractivity contribution in [3.63, 3.8) is 0 Å². The van der Waals surface area contributed by atoms with E-state index in [9.17, 15) is 0 Å². The molecule has 0 radical (unpaired) electrons. The molecule has 104 valence electrons. The Labute approximate surface area is 124 Å². The van der Waals surface area contributed by atoms with Crippen molar-refractivity contribution in [1.29, 1.82) is 0 Å². The summed E-state index contributed by atoms with van der Waals surface area (Å²) in [4.78, 5) is 4.04. The lowest BCUT2D eigenvalue weighted by Crippen LogP contribution is -1.97. The quantitative estimate of drug-likeness (QED) is 0.786. The molecule has 3 rings (SSSR count). The van der Waals surface area contributed by atoms with Crippen molar-refractivity contribution in [2.24, 2.45) is 0 Å². The van der Waals surface area contributed by atoms with Gasteiger partial charge in [0.1, 0.15) is 18.2 Å². The minimum atomic E-state index is 0.484. The summed E-state index contributed by atoms with van der Waals surface area (Å²) in [5.74, 6) is 1.36. The molecule has 0 bridgehead atoms. The van der Waals surface area contributed by atoms with Gasteiger partial charge >= 0.3 is 0 Å². The first-order chi connectivity index (χ1) is 10.3. The minimum Gasteiger partial charge on any atom is -0.489 e. The minimum absolute atomic E-state index is 0.484. The number of benzene rings is 2. The summed E-state index contributed by atoms with van der Waals surface area (Å²) in [6.07, 6.45) is 1.73. The van der Waals surface area contributed by atoms with E-state index in [1.54, 1.807) is 12.3 Å². The summed E-state index contributed by atoms with van der Waals surface area (Å²) < 4.78 is 5.74. The summed E-state index contributed by atoms with van der Waals surface area (Å²) in [7, 11) is 0.